The summed E-state index contributed by atoms with van der Waals surface area (Å²) in [6, 6.07) is 11.9. The molecule has 0 aliphatic heterocycles. The summed E-state index contributed by atoms with van der Waals surface area (Å²) in [4.78, 5) is 0.115. The van der Waals surface area contributed by atoms with Gasteiger partial charge in [0.2, 0.25) is 10.0 Å². The number of sulfonamides is 1. The van der Waals surface area contributed by atoms with E-state index in [1.807, 2.05) is 30.3 Å². The molecule has 0 aromatic heterocycles. The van der Waals surface area contributed by atoms with Gasteiger partial charge >= 0.3 is 0 Å². The summed E-state index contributed by atoms with van der Waals surface area (Å²) in [5, 5.41) is 0.380. The fourth-order valence-electron chi connectivity index (χ4n) is 2.03. The molecule has 0 amide bonds. The van der Waals surface area contributed by atoms with Gasteiger partial charge in [-0.3, -0.25) is 0 Å². The molecule has 1 atom stereocenters. The van der Waals surface area contributed by atoms with Crippen molar-refractivity contribution in [2.45, 2.75) is 24.8 Å². The van der Waals surface area contributed by atoms with E-state index < -0.39 is 10.0 Å². The third kappa shape index (κ3) is 3.56. The molecule has 4 nitrogen and oxygen atoms in total. The Labute approximate surface area is 130 Å². The SMILES string of the molecule is Cc1cc(S(=O)(=O)N[C@H](C)c2ccccc2)cc(N)c1Cl. The summed E-state index contributed by atoms with van der Waals surface area (Å²) in [6.07, 6.45) is 0. The smallest absolute Gasteiger partial charge is 0.241 e. The predicted octanol–water partition coefficient (Wildman–Crippen LogP) is 3.27. The molecule has 2 aromatic rings. The highest BCUT2D eigenvalue weighted by atomic mass is 35.5. The molecule has 0 radical (unpaired) electrons. The van der Waals surface area contributed by atoms with Gasteiger partial charge in [0, 0.05) is 6.04 Å². The number of hydrogen-bond donors (Lipinski definition) is 2. The summed E-state index contributed by atoms with van der Waals surface area (Å²) in [7, 11) is -3.66. The molecule has 2 aromatic carbocycles. The van der Waals surface area contributed by atoms with E-state index in [1.165, 1.54) is 12.1 Å². The Balaban J connectivity index is 2.31. The minimum atomic E-state index is -3.66. The van der Waals surface area contributed by atoms with E-state index in [2.05, 4.69) is 4.72 Å². The molecule has 0 unspecified atom stereocenters. The number of nitrogens with one attached hydrogen (secondary N) is 1. The topological polar surface area (TPSA) is 72.2 Å². The van der Waals surface area contributed by atoms with E-state index in [-0.39, 0.29) is 16.6 Å². The molecular weight excluding hydrogens is 308 g/mol. The van der Waals surface area contributed by atoms with Crippen LogP contribution in [-0.4, -0.2) is 8.42 Å². The lowest BCUT2D eigenvalue weighted by atomic mass is 10.1. The Morgan fingerprint density at radius 1 is 1.19 bits per heavy atom. The zero-order chi connectivity index (χ0) is 15.6. The van der Waals surface area contributed by atoms with E-state index in [0.29, 0.717) is 10.6 Å². The second-order valence-corrected chi connectivity index (χ2v) is 6.99. The van der Waals surface area contributed by atoms with Crippen molar-refractivity contribution >= 4 is 27.3 Å². The number of rotatable bonds is 4. The number of halogens is 1. The van der Waals surface area contributed by atoms with E-state index in [4.69, 9.17) is 17.3 Å². The average Bonchev–Trinajstić information content (AvgIpc) is 2.44. The number of benzene rings is 2. The van der Waals surface area contributed by atoms with Gasteiger partial charge in [-0.15, -0.1) is 0 Å². The lowest BCUT2D eigenvalue weighted by molar-refractivity contribution is 0.567. The largest absolute Gasteiger partial charge is 0.397 e. The van der Waals surface area contributed by atoms with Crippen molar-refractivity contribution in [2.75, 3.05) is 5.73 Å². The van der Waals surface area contributed by atoms with Crippen molar-refractivity contribution < 1.29 is 8.42 Å². The van der Waals surface area contributed by atoms with E-state index in [9.17, 15) is 8.42 Å². The first kappa shape index (κ1) is 15.8. The van der Waals surface area contributed by atoms with Crippen LogP contribution in [-0.2, 0) is 10.0 Å². The summed E-state index contributed by atoms with van der Waals surface area (Å²) < 4.78 is 27.5. The van der Waals surface area contributed by atoms with Crippen LogP contribution in [0.1, 0.15) is 24.1 Å². The maximum absolute atomic E-state index is 12.4. The molecule has 0 aliphatic carbocycles. The molecule has 0 aliphatic rings. The number of aryl methyl sites for hydroxylation is 1. The minimum Gasteiger partial charge on any atom is -0.397 e. The van der Waals surface area contributed by atoms with E-state index in [0.717, 1.165) is 5.56 Å². The van der Waals surface area contributed by atoms with Gasteiger partial charge in [-0.05, 0) is 37.1 Å². The number of nitrogen functional groups attached to an aromatic ring is 1. The first-order valence-electron chi connectivity index (χ1n) is 6.44. The van der Waals surface area contributed by atoms with E-state index in [1.54, 1.807) is 13.8 Å². The number of anilines is 1. The lowest BCUT2D eigenvalue weighted by Crippen LogP contribution is -2.27. The quantitative estimate of drug-likeness (QED) is 0.848. The van der Waals surface area contributed by atoms with E-state index >= 15 is 0 Å². The Bertz CT molecular complexity index is 723. The van der Waals surface area contributed by atoms with Gasteiger partial charge in [-0.1, -0.05) is 41.9 Å². The van der Waals surface area contributed by atoms with Crippen molar-refractivity contribution in [1.29, 1.82) is 0 Å². The third-order valence-corrected chi connectivity index (χ3v) is 5.23. The summed E-state index contributed by atoms with van der Waals surface area (Å²) in [5.41, 5.74) is 7.51. The maximum atomic E-state index is 12.4. The fraction of sp³-hybridized carbons (Fsp3) is 0.200. The summed E-state index contributed by atoms with van der Waals surface area (Å²) in [6.45, 7) is 3.51. The van der Waals surface area contributed by atoms with Crippen LogP contribution >= 0.6 is 11.6 Å². The second-order valence-electron chi connectivity index (χ2n) is 4.90. The molecule has 0 heterocycles. The Morgan fingerprint density at radius 2 is 1.81 bits per heavy atom. The lowest BCUT2D eigenvalue weighted by Gasteiger charge is -2.15. The highest BCUT2D eigenvalue weighted by Crippen LogP contribution is 2.27. The van der Waals surface area contributed by atoms with Gasteiger partial charge in [-0.25, -0.2) is 13.1 Å². The minimum absolute atomic E-state index is 0.115. The van der Waals surface area contributed by atoms with Gasteiger partial charge < -0.3 is 5.73 Å². The zero-order valence-electron chi connectivity index (χ0n) is 11.8. The van der Waals surface area contributed by atoms with Gasteiger partial charge in [-0.2, -0.15) is 0 Å². The molecule has 6 heteroatoms. The highest BCUT2D eigenvalue weighted by molar-refractivity contribution is 7.89. The monoisotopic (exact) mass is 324 g/mol. The molecule has 112 valence electrons. The second kappa shape index (κ2) is 6.05. The first-order valence-corrected chi connectivity index (χ1v) is 8.30. The normalized spacial score (nSPS) is 13.1. The Morgan fingerprint density at radius 3 is 2.38 bits per heavy atom. The molecule has 2 rings (SSSR count). The standard InChI is InChI=1S/C15H17ClN2O2S/c1-10-8-13(9-14(17)15(10)16)21(19,20)18-11(2)12-6-4-3-5-7-12/h3-9,11,18H,17H2,1-2H3/t11-/m1/s1. The Hall–Kier alpha value is -1.56. The molecule has 0 bridgehead atoms. The Kier molecular flexibility index (Phi) is 4.56. The van der Waals surface area contributed by atoms with Crippen molar-refractivity contribution in [1.82, 2.24) is 4.72 Å². The molecule has 0 saturated carbocycles. The summed E-state index contributed by atoms with van der Waals surface area (Å²) in [5.74, 6) is 0. The summed E-state index contributed by atoms with van der Waals surface area (Å²) >= 11 is 5.96. The first-order chi connectivity index (χ1) is 9.81. The average molecular weight is 325 g/mol. The van der Waals surface area contributed by atoms with Crippen molar-refractivity contribution in [2.24, 2.45) is 0 Å². The molecular formula is C15H17ClN2O2S. The van der Waals surface area contributed by atoms with Crippen LogP contribution in [0.15, 0.2) is 47.4 Å². The van der Waals surface area contributed by atoms with Crippen LogP contribution in [0.2, 0.25) is 5.02 Å². The molecule has 3 N–H and O–H groups in total. The van der Waals surface area contributed by atoms with Crippen LogP contribution < -0.4 is 10.5 Å². The third-order valence-electron chi connectivity index (χ3n) is 3.20. The molecule has 0 saturated heterocycles. The van der Waals surface area contributed by atoms with Crippen LogP contribution in [0, 0.1) is 6.92 Å². The predicted molar refractivity (Wildman–Crippen MR) is 85.8 cm³/mol. The van der Waals surface area contributed by atoms with Gasteiger partial charge in [0.25, 0.3) is 0 Å². The van der Waals surface area contributed by atoms with Crippen LogP contribution in [0.5, 0.6) is 0 Å². The van der Waals surface area contributed by atoms with Crippen LogP contribution in [0.25, 0.3) is 0 Å². The molecule has 0 fully saturated rings. The highest BCUT2D eigenvalue weighted by Gasteiger charge is 2.20. The number of nitrogens with two attached hydrogens (primary N) is 1. The van der Waals surface area contributed by atoms with Gasteiger partial charge in [0.05, 0.1) is 15.6 Å². The van der Waals surface area contributed by atoms with Gasteiger partial charge in [0.1, 0.15) is 0 Å². The molecule has 21 heavy (non-hydrogen) atoms. The zero-order valence-corrected chi connectivity index (χ0v) is 13.4. The van der Waals surface area contributed by atoms with Crippen molar-refractivity contribution in [3.8, 4) is 0 Å². The fourth-order valence-corrected chi connectivity index (χ4v) is 3.49. The maximum Gasteiger partial charge on any atom is 0.241 e. The van der Waals surface area contributed by atoms with Crippen LogP contribution in [0.4, 0.5) is 5.69 Å². The van der Waals surface area contributed by atoms with Crippen molar-refractivity contribution in [3.05, 3.63) is 58.6 Å². The van der Waals surface area contributed by atoms with Gasteiger partial charge in [0.15, 0.2) is 0 Å². The van der Waals surface area contributed by atoms with Crippen LogP contribution in [0.3, 0.4) is 0 Å². The molecule has 0 spiro atoms. The van der Waals surface area contributed by atoms with Crippen molar-refractivity contribution in [3.63, 3.8) is 0 Å². The number of hydrogen-bond acceptors (Lipinski definition) is 3.